The molecule has 0 spiro atoms. The zero-order chi connectivity index (χ0) is 18.0. The van der Waals surface area contributed by atoms with Gasteiger partial charge in [-0.1, -0.05) is 0 Å². The molecule has 2 N–H and O–H groups in total. The highest BCUT2D eigenvalue weighted by Gasteiger charge is 2.31. The van der Waals surface area contributed by atoms with Crippen LogP contribution in [0.4, 0.5) is 13.9 Å². The minimum atomic E-state index is -0.968. The summed E-state index contributed by atoms with van der Waals surface area (Å²) in [6.07, 6.45) is 1.27. The monoisotopic (exact) mass is 367 g/mol. The van der Waals surface area contributed by atoms with Crippen LogP contribution in [-0.2, 0) is 9.59 Å². The molecule has 1 aliphatic heterocycles. The summed E-state index contributed by atoms with van der Waals surface area (Å²) < 4.78 is 26.3. The Morgan fingerprint density at radius 2 is 2.16 bits per heavy atom. The molecule has 1 atom stereocenters. The predicted octanol–water partition coefficient (Wildman–Crippen LogP) is 2.58. The zero-order valence-electron chi connectivity index (χ0n) is 13.0. The van der Waals surface area contributed by atoms with Crippen LogP contribution < -0.4 is 5.32 Å². The van der Waals surface area contributed by atoms with E-state index in [1.165, 1.54) is 6.07 Å². The molecule has 1 amide bonds. The molecule has 3 rings (SSSR count). The largest absolute Gasteiger partial charge is 0.480 e. The van der Waals surface area contributed by atoms with Crippen LogP contribution in [0.3, 0.4) is 0 Å². The Hall–Kier alpha value is -2.39. The number of halogens is 2. The maximum absolute atomic E-state index is 13.3. The molecule has 0 bridgehead atoms. The van der Waals surface area contributed by atoms with E-state index in [1.807, 2.05) is 0 Å². The van der Waals surface area contributed by atoms with Gasteiger partial charge in [-0.2, -0.15) is 0 Å². The topological polar surface area (TPSA) is 82.5 Å². The van der Waals surface area contributed by atoms with Crippen LogP contribution >= 0.6 is 11.3 Å². The van der Waals surface area contributed by atoms with Crippen LogP contribution in [0.25, 0.3) is 11.3 Å². The number of carboxylic acid groups (broad SMARTS) is 1. The first-order valence-electron chi connectivity index (χ1n) is 7.61. The van der Waals surface area contributed by atoms with Crippen LogP contribution in [0.2, 0.25) is 0 Å². The van der Waals surface area contributed by atoms with Gasteiger partial charge in [0.15, 0.2) is 16.8 Å². The first-order valence-corrected chi connectivity index (χ1v) is 8.49. The average molecular weight is 367 g/mol. The number of nitrogens with one attached hydrogen (secondary N) is 1. The summed E-state index contributed by atoms with van der Waals surface area (Å²) in [5.41, 5.74) is 0.824. The van der Waals surface area contributed by atoms with Gasteiger partial charge in [0.05, 0.1) is 12.2 Å². The van der Waals surface area contributed by atoms with Gasteiger partial charge >= 0.3 is 5.97 Å². The third kappa shape index (κ3) is 3.99. The number of aromatic nitrogens is 1. The highest BCUT2D eigenvalue weighted by Crippen LogP contribution is 2.26. The number of benzene rings is 1. The van der Waals surface area contributed by atoms with Crippen LogP contribution in [0.5, 0.6) is 0 Å². The number of nitrogens with zero attached hydrogens (tertiary/aromatic N) is 2. The Morgan fingerprint density at radius 3 is 2.88 bits per heavy atom. The van der Waals surface area contributed by atoms with Gasteiger partial charge in [-0.25, -0.2) is 13.8 Å². The lowest BCUT2D eigenvalue weighted by Crippen LogP contribution is -2.40. The van der Waals surface area contributed by atoms with E-state index in [2.05, 4.69) is 10.3 Å². The Bertz CT molecular complexity index is 812. The minimum Gasteiger partial charge on any atom is -0.480 e. The van der Waals surface area contributed by atoms with Crippen molar-refractivity contribution in [2.24, 2.45) is 0 Å². The van der Waals surface area contributed by atoms with Crippen LogP contribution in [0.15, 0.2) is 23.6 Å². The highest BCUT2D eigenvalue weighted by atomic mass is 32.1. The summed E-state index contributed by atoms with van der Waals surface area (Å²) in [5.74, 6) is -3.20. The normalized spacial score (nSPS) is 17.6. The molecule has 2 heterocycles. The van der Waals surface area contributed by atoms with Gasteiger partial charge in [-0.05, 0) is 37.6 Å². The maximum atomic E-state index is 13.3. The highest BCUT2D eigenvalue weighted by molar-refractivity contribution is 7.14. The molecule has 6 nitrogen and oxygen atoms in total. The van der Waals surface area contributed by atoms with Gasteiger partial charge in [-0.15, -0.1) is 11.3 Å². The van der Waals surface area contributed by atoms with E-state index in [1.54, 1.807) is 10.3 Å². The second-order valence-electron chi connectivity index (χ2n) is 5.68. The van der Waals surface area contributed by atoms with Gasteiger partial charge in [-0.3, -0.25) is 14.5 Å². The van der Waals surface area contributed by atoms with E-state index < -0.39 is 23.6 Å². The zero-order valence-corrected chi connectivity index (χ0v) is 13.9. The van der Waals surface area contributed by atoms with Crippen molar-refractivity contribution in [2.75, 3.05) is 18.4 Å². The number of anilines is 1. The van der Waals surface area contributed by atoms with Gasteiger partial charge in [0.25, 0.3) is 0 Å². The number of amides is 1. The number of hydrogen-bond donors (Lipinski definition) is 2. The molecule has 0 unspecified atom stereocenters. The van der Waals surface area contributed by atoms with E-state index in [-0.39, 0.29) is 12.5 Å². The number of rotatable bonds is 5. The van der Waals surface area contributed by atoms with E-state index in [0.29, 0.717) is 29.4 Å². The maximum Gasteiger partial charge on any atom is 0.320 e. The van der Waals surface area contributed by atoms with Crippen molar-refractivity contribution in [1.82, 2.24) is 9.88 Å². The van der Waals surface area contributed by atoms with Crippen molar-refractivity contribution in [1.29, 1.82) is 0 Å². The second kappa shape index (κ2) is 7.24. The molecule has 2 aromatic rings. The van der Waals surface area contributed by atoms with Gasteiger partial charge in [0.1, 0.15) is 6.04 Å². The van der Waals surface area contributed by atoms with E-state index >= 15 is 0 Å². The molecule has 25 heavy (non-hydrogen) atoms. The van der Waals surface area contributed by atoms with Crippen molar-refractivity contribution in [3.05, 3.63) is 35.2 Å². The summed E-state index contributed by atoms with van der Waals surface area (Å²) >= 11 is 1.15. The lowest BCUT2D eigenvalue weighted by molar-refractivity contribution is -0.142. The molecule has 132 valence electrons. The Kier molecular flexibility index (Phi) is 5.05. The molecule has 1 aliphatic rings. The Morgan fingerprint density at radius 1 is 1.36 bits per heavy atom. The summed E-state index contributed by atoms with van der Waals surface area (Å²) in [6, 6.07) is 2.82. The fourth-order valence-corrected chi connectivity index (χ4v) is 3.49. The third-order valence-electron chi connectivity index (χ3n) is 3.96. The number of hydrogen-bond acceptors (Lipinski definition) is 5. The standard InChI is InChI=1S/C16H15F2N3O3S/c17-10-4-3-9(6-11(10)18)12-8-25-16(19-12)20-14(22)7-21-5-1-2-13(21)15(23)24/h3-4,6,8,13H,1-2,5,7H2,(H,23,24)(H,19,20,22)/t13-/m0/s1. The van der Waals surface area contributed by atoms with Crippen molar-refractivity contribution < 1.29 is 23.5 Å². The number of carbonyl (C=O) groups is 2. The molecule has 0 aliphatic carbocycles. The van der Waals surface area contributed by atoms with Crippen molar-refractivity contribution in [3.63, 3.8) is 0 Å². The van der Waals surface area contributed by atoms with Crippen molar-refractivity contribution >= 4 is 28.3 Å². The molecular weight excluding hydrogens is 352 g/mol. The van der Waals surface area contributed by atoms with Crippen LogP contribution in [-0.4, -0.2) is 46.0 Å². The summed E-state index contributed by atoms with van der Waals surface area (Å²) in [7, 11) is 0. The smallest absolute Gasteiger partial charge is 0.320 e. The molecular formula is C16H15F2N3O3S. The molecule has 0 radical (unpaired) electrons. The van der Waals surface area contributed by atoms with Gasteiger partial charge in [0.2, 0.25) is 5.91 Å². The summed E-state index contributed by atoms with van der Waals surface area (Å²) in [5, 5.41) is 13.7. The minimum absolute atomic E-state index is 0.0307. The third-order valence-corrected chi connectivity index (χ3v) is 4.72. The van der Waals surface area contributed by atoms with Crippen molar-refractivity contribution in [3.8, 4) is 11.3 Å². The molecule has 1 saturated heterocycles. The van der Waals surface area contributed by atoms with Crippen molar-refractivity contribution in [2.45, 2.75) is 18.9 Å². The molecule has 1 aromatic heterocycles. The second-order valence-corrected chi connectivity index (χ2v) is 6.54. The Labute approximate surface area is 146 Å². The molecule has 1 fully saturated rings. The van der Waals surface area contributed by atoms with Crippen LogP contribution in [0, 0.1) is 11.6 Å². The first kappa shape index (κ1) is 17.4. The fourth-order valence-electron chi connectivity index (χ4n) is 2.76. The lowest BCUT2D eigenvalue weighted by atomic mass is 10.2. The number of likely N-dealkylation sites (tertiary alicyclic amines) is 1. The van der Waals surface area contributed by atoms with E-state index in [9.17, 15) is 18.4 Å². The van der Waals surface area contributed by atoms with Gasteiger partial charge < -0.3 is 10.4 Å². The fraction of sp³-hybridized carbons (Fsp3) is 0.312. The average Bonchev–Trinajstić information content (AvgIpc) is 3.19. The number of carbonyl (C=O) groups excluding carboxylic acids is 1. The molecule has 9 heteroatoms. The van der Waals surface area contributed by atoms with Crippen LogP contribution in [0.1, 0.15) is 12.8 Å². The Balaban J connectivity index is 1.64. The lowest BCUT2D eigenvalue weighted by Gasteiger charge is -2.19. The summed E-state index contributed by atoms with van der Waals surface area (Å²) in [4.78, 5) is 29.0. The molecule has 1 aromatic carbocycles. The predicted molar refractivity (Wildman–Crippen MR) is 88.3 cm³/mol. The van der Waals surface area contributed by atoms with Gasteiger partial charge in [0, 0.05) is 10.9 Å². The number of carboxylic acids is 1. The van der Waals surface area contributed by atoms with E-state index in [0.717, 1.165) is 29.9 Å². The quantitative estimate of drug-likeness (QED) is 0.849. The SMILES string of the molecule is O=C(CN1CCC[C@H]1C(=O)O)Nc1nc(-c2ccc(F)c(F)c2)cs1. The summed E-state index contributed by atoms with van der Waals surface area (Å²) in [6.45, 7) is 0.527. The number of thiazole rings is 1. The van der Waals surface area contributed by atoms with E-state index in [4.69, 9.17) is 5.11 Å². The number of aliphatic carboxylic acids is 1. The molecule has 0 saturated carbocycles. The first-order chi connectivity index (χ1) is 11.9.